The lowest BCUT2D eigenvalue weighted by molar-refractivity contribution is 0.541. The van der Waals surface area contributed by atoms with E-state index in [-0.39, 0.29) is 6.04 Å². The maximum absolute atomic E-state index is 5.56. The third-order valence-corrected chi connectivity index (χ3v) is 3.14. The zero-order valence-corrected chi connectivity index (χ0v) is 10.00. The molecule has 0 bridgehead atoms. The summed E-state index contributed by atoms with van der Waals surface area (Å²) in [5.41, 5.74) is 8.20. The number of aromatic nitrogens is 1. The SMILES string of the molecule is Cc1cccc(CC(NN)c2cscn2)c1. The third-order valence-electron chi connectivity index (χ3n) is 2.53. The van der Waals surface area contributed by atoms with Gasteiger partial charge >= 0.3 is 0 Å². The van der Waals surface area contributed by atoms with Crippen molar-refractivity contribution in [1.29, 1.82) is 0 Å². The monoisotopic (exact) mass is 233 g/mol. The van der Waals surface area contributed by atoms with Crippen LogP contribution in [0.5, 0.6) is 0 Å². The summed E-state index contributed by atoms with van der Waals surface area (Å²) < 4.78 is 0. The summed E-state index contributed by atoms with van der Waals surface area (Å²) in [5, 5.41) is 2.03. The summed E-state index contributed by atoms with van der Waals surface area (Å²) in [6.45, 7) is 2.09. The lowest BCUT2D eigenvalue weighted by Gasteiger charge is -2.13. The van der Waals surface area contributed by atoms with Gasteiger partial charge < -0.3 is 0 Å². The number of thiazole rings is 1. The van der Waals surface area contributed by atoms with Gasteiger partial charge in [0.25, 0.3) is 0 Å². The van der Waals surface area contributed by atoms with E-state index >= 15 is 0 Å². The molecule has 3 nitrogen and oxygen atoms in total. The Morgan fingerprint density at radius 1 is 1.50 bits per heavy atom. The van der Waals surface area contributed by atoms with E-state index in [1.54, 1.807) is 11.3 Å². The molecular formula is C12H15N3S. The number of nitrogens with two attached hydrogens (primary N) is 1. The Bertz CT molecular complexity index is 439. The number of nitrogens with zero attached hydrogens (tertiary/aromatic N) is 1. The fourth-order valence-corrected chi connectivity index (χ4v) is 2.33. The van der Waals surface area contributed by atoms with E-state index < -0.39 is 0 Å². The summed E-state index contributed by atoms with van der Waals surface area (Å²) in [4.78, 5) is 4.28. The maximum Gasteiger partial charge on any atom is 0.0795 e. The number of benzene rings is 1. The minimum atomic E-state index is 0.0908. The zero-order valence-electron chi connectivity index (χ0n) is 9.18. The topological polar surface area (TPSA) is 50.9 Å². The van der Waals surface area contributed by atoms with Gasteiger partial charge in [0.1, 0.15) is 0 Å². The van der Waals surface area contributed by atoms with Gasteiger partial charge in [0.2, 0.25) is 0 Å². The molecule has 0 aliphatic heterocycles. The quantitative estimate of drug-likeness (QED) is 0.629. The highest BCUT2D eigenvalue weighted by atomic mass is 32.1. The highest BCUT2D eigenvalue weighted by Crippen LogP contribution is 2.18. The van der Waals surface area contributed by atoms with Crippen LogP contribution < -0.4 is 11.3 Å². The normalized spacial score (nSPS) is 12.6. The van der Waals surface area contributed by atoms with Crippen molar-refractivity contribution in [3.8, 4) is 0 Å². The van der Waals surface area contributed by atoms with E-state index in [1.165, 1.54) is 11.1 Å². The molecule has 0 aliphatic carbocycles. The molecule has 0 spiro atoms. The smallest absolute Gasteiger partial charge is 0.0795 e. The molecule has 16 heavy (non-hydrogen) atoms. The first-order valence-electron chi connectivity index (χ1n) is 5.19. The van der Waals surface area contributed by atoms with Crippen molar-refractivity contribution in [2.45, 2.75) is 19.4 Å². The summed E-state index contributed by atoms with van der Waals surface area (Å²) in [5.74, 6) is 5.56. The molecule has 2 rings (SSSR count). The van der Waals surface area contributed by atoms with Crippen molar-refractivity contribution in [3.63, 3.8) is 0 Å². The van der Waals surface area contributed by atoms with Gasteiger partial charge in [0.05, 0.1) is 17.2 Å². The zero-order chi connectivity index (χ0) is 11.4. The molecule has 1 atom stereocenters. The van der Waals surface area contributed by atoms with E-state index in [1.807, 2.05) is 10.9 Å². The third kappa shape index (κ3) is 2.66. The van der Waals surface area contributed by atoms with Gasteiger partial charge in [0, 0.05) is 5.38 Å². The Morgan fingerprint density at radius 2 is 2.38 bits per heavy atom. The number of rotatable bonds is 4. The number of hydrogen-bond donors (Lipinski definition) is 2. The van der Waals surface area contributed by atoms with Gasteiger partial charge in [-0.05, 0) is 18.9 Å². The molecule has 1 aromatic heterocycles. The first-order valence-corrected chi connectivity index (χ1v) is 6.13. The van der Waals surface area contributed by atoms with Crippen molar-refractivity contribution < 1.29 is 0 Å². The predicted molar refractivity (Wildman–Crippen MR) is 67.1 cm³/mol. The molecule has 1 heterocycles. The summed E-state index contributed by atoms with van der Waals surface area (Å²) in [7, 11) is 0. The average molecular weight is 233 g/mol. The second-order valence-electron chi connectivity index (χ2n) is 3.83. The second kappa shape index (κ2) is 5.21. The maximum atomic E-state index is 5.56. The Balaban J connectivity index is 2.13. The van der Waals surface area contributed by atoms with Gasteiger partial charge in [-0.1, -0.05) is 29.8 Å². The van der Waals surface area contributed by atoms with Crippen molar-refractivity contribution in [3.05, 3.63) is 52.0 Å². The van der Waals surface area contributed by atoms with E-state index in [4.69, 9.17) is 5.84 Å². The van der Waals surface area contributed by atoms with Crippen molar-refractivity contribution in [1.82, 2.24) is 10.4 Å². The minimum absolute atomic E-state index is 0.0908. The summed E-state index contributed by atoms with van der Waals surface area (Å²) >= 11 is 1.59. The van der Waals surface area contributed by atoms with Crippen LogP contribution in [0.1, 0.15) is 22.9 Å². The molecule has 0 saturated heterocycles. The van der Waals surface area contributed by atoms with Crippen molar-refractivity contribution >= 4 is 11.3 Å². The molecule has 0 amide bonds. The minimum Gasteiger partial charge on any atom is -0.271 e. The molecule has 0 fully saturated rings. The Hall–Kier alpha value is -1.23. The average Bonchev–Trinajstić information content (AvgIpc) is 2.79. The Labute approximate surface area is 99.3 Å². The number of aryl methyl sites for hydroxylation is 1. The lowest BCUT2D eigenvalue weighted by atomic mass is 10.0. The van der Waals surface area contributed by atoms with Crippen LogP contribution in [0.25, 0.3) is 0 Å². The number of hydrogen-bond acceptors (Lipinski definition) is 4. The first kappa shape index (κ1) is 11.3. The molecular weight excluding hydrogens is 218 g/mol. The highest BCUT2D eigenvalue weighted by molar-refractivity contribution is 7.07. The van der Waals surface area contributed by atoms with Gasteiger partial charge in [-0.2, -0.15) is 0 Å². The van der Waals surface area contributed by atoms with Crippen molar-refractivity contribution in [2.75, 3.05) is 0 Å². The largest absolute Gasteiger partial charge is 0.271 e. The van der Waals surface area contributed by atoms with E-state index in [9.17, 15) is 0 Å². The molecule has 0 saturated carbocycles. The number of hydrazine groups is 1. The van der Waals surface area contributed by atoms with Gasteiger partial charge in [0.15, 0.2) is 0 Å². The molecule has 2 aromatic rings. The van der Waals surface area contributed by atoms with E-state index in [0.717, 1.165) is 12.1 Å². The Morgan fingerprint density at radius 3 is 3.00 bits per heavy atom. The molecule has 4 heteroatoms. The van der Waals surface area contributed by atoms with Crippen LogP contribution in [0.2, 0.25) is 0 Å². The van der Waals surface area contributed by atoms with Crippen molar-refractivity contribution in [2.24, 2.45) is 5.84 Å². The molecule has 84 valence electrons. The lowest BCUT2D eigenvalue weighted by Crippen LogP contribution is -2.29. The number of nitrogens with one attached hydrogen (secondary N) is 1. The standard InChI is InChI=1S/C12H15N3S/c1-9-3-2-4-10(5-9)6-11(15-13)12-7-16-8-14-12/h2-5,7-8,11,15H,6,13H2,1H3. The molecule has 1 unspecified atom stereocenters. The first-order chi connectivity index (χ1) is 7.79. The molecule has 1 aromatic carbocycles. The van der Waals surface area contributed by atoms with Crippen LogP contribution in [-0.2, 0) is 6.42 Å². The molecule has 3 N–H and O–H groups in total. The van der Waals surface area contributed by atoms with Crippen LogP contribution in [0.15, 0.2) is 35.2 Å². The summed E-state index contributed by atoms with van der Waals surface area (Å²) in [6, 6.07) is 8.55. The van der Waals surface area contributed by atoms with E-state index in [2.05, 4.69) is 41.6 Å². The second-order valence-corrected chi connectivity index (χ2v) is 4.54. The van der Waals surface area contributed by atoms with E-state index in [0.29, 0.717) is 0 Å². The van der Waals surface area contributed by atoms with Crippen LogP contribution in [-0.4, -0.2) is 4.98 Å². The predicted octanol–water partition coefficient (Wildman–Crippen LogP) is 2.20. The highest BCUT2D eigenvalue weighted by Gasteiger charge is 2.12. The van der Waals surface area contributed by atoms with Gasteiger partial charge in [-0.25, -0.2) is 4.98 Å². The fourth-order valence-electron chi connectivity index (χ4n) is 1.72. The summed E-state index contributed by atoms with van der Waals surface area (Å²) in [6.07, 6.45) is 0.863. The van der Waals surface area contributed by atoms with Crippen LogP contribution in [0.3, 0.4) is 0 Å². The fraction of sp³-hybridized carbons (Fsp3) is 0.250. The molecule has 0 aliphatic rings. The van der Waals surface area contributed by atoms with Crippen LogP contribution in [0.4, 0.5) is 0 Å². The van der Waals surface area contributed by atoms with Gasteiger partial charge in [-0.15, -0.1) is 11.3 Å². The van der Waals surface area contributed by atoms with Crippen LogP contribution in [0, 0.1) is 6.92 Å². The molecule has 0 radical (unpaired) electrons. The Kier molecular flexibility index (Phi) is 3.66. The van der Waals surface area contributed by atoms with Gasteiger partial charge in [-0.3, -0.25) is 11.3 Å². The van der Waals surface area contributed by atoms with Crippen LogP contribution >= 0.6 is 11.3 Å².